The summed E-state index contributed by atoms with van der Waals surface area (Å²) in [6.45, 7) is 3.23. The zero-order valence-corrected chi connectivity index (χ0v) is 58.1. The Morgan fingerprint density at radius 3 is 1.88 bits per heavy atom. The maximum atomic E-state index is 16.3. The van der Waals surface area contributed by atoms with Gasteiger partial charge in [-0.1, -0.05) is 55.2 Å². The molecule has 4 aliphatic carbocycles. The topological polar surface area (TPSA) is 477 Å². The van der Waals surface area contributed by atoms with E-state index >= 15 is 28.8 Å². The van der Waals surface area contributed by atoms with E-state index in [0.29, 0.717) is 11.8 Å². The van der Waals surface area contributed by atoms with Gasteiger partial charge in [-0.2, -0.15) is 0 Å². The van der Waals surface area contributed by atoms with E-state index in [4.69, 9.17) is 53.6 Å². The molecule has 29 nitrogen and oxygen atoms in total. The molecule has 7 amide bonds. The Labute approximate surface area is 605 Å². The predicted octanol–water partition coefficient (Wildman–Crippen LogP) is 4.47. The Kier molecular flexibility index (Phi) is 22.0. The molecule has 15 bridgehead atoms. The van der Waals surface area contributed by atoms with E-state index in [0.717, 1.165) is 68.5 Å². The number of ketones is 3. The number of benzene rings is 5. The molecule has 0 radical (unpaired) electrons. The van der Waals surface area contributed by atoms with Gasteiger partial charge in [-0.05, 0) is 163 Å². The van der Waals surface area contributed by atoms with E-state index in [9.17, 15) is 55.2 Å². The molecule has 15 rings (SSSR count). The summed E-state index contributed by atoms with van der Waals surface area (Å²) in [5.41, 5.74) is 9.77. The van der Waals surface area contributed by atoms with Gasteiger partial charge in [-0.3, -0.25) is 43.7 Å². The van der Waals surface area contributed by atoms with Crippen molar-refractivity contribution in [3.05, 3.63) is 117 Å². The van der Waals surface area contributed by atoms with E-state index in [1.54, 1.807) is 0 Å². The second-order valence-corrected chi connectivity index (χ2v) is 29.5. The minimum atomic E-state index is -2.19. The number of imide groups is 1. The number of fused-ring (bicyclic) bond motifs is 15. The molecule has 10 aliphatic rings. The lowest BCUT2D eigenvalue weighted by Crippen LogP contribution is -2.60. The number of urea groups is 1. The molecule has 18 N–H and O–H groups in total. The van der Waals surface area contributed by atoms with Crippen LogP contribution in [0.25, 0.3) is 11.1 Å². The maximum Gasteiger partial charge on any atom is 0.318 e. The number of aliphatic hydroxyl groups excluding tert-OH is 5. The van der Waals surface area contributed by atoms with Crippen LogP contribution >= 0.6 is 23.2 Å². The normalized spacial score (nSPS) is 29.8. The van der Waals surface area contributed by atoms with Crippen molar-refractivity contribution in [3.63, 3.8) is 0 Å². The third-order valence-electron chi connectivity index (χ3n) is 21.2. The van der Waals surface area contributed by atoms with E-state index in [1.807, 2.05) is 19.2 Å². The number of aliphatic hydroxyl groups is 5. The Bertz CT molecular complexity index is 4230. The summed E-state index contributed by atoms with van der Waals surface area (Å²) in [6, 6.07) is 4.75. The SMILES string of the molecule is CN[C@H](CC(C)C)C(=O)N[C@H]1C(=O)C[C@@H](CC(=O)NC(N)=O)C(=O)N[C@H]2C(=O)C[C@H]3C(=O)N[C@H](C(=O)N[C@H](C(=O)CC4C5CC6CC(C5)CC4C6)c4cc(O)cc(O)c4-c4cc3ccc4O)[C@H](O)c3ccc(c(Cl)c3)Oc3cc2cc(c3OC2OC(CN)C(O)C(O)C2O)Oc2ccc(cc2Cl)[C@H]1O. The van der Waals surface area contributed by atoms with E-state index in [2.05, 4.69) is 26.6 Å². The first kappa shape index (κ1) is 74.7. The number of phenolic OH excluding ortho intramolecular Hbond substituents is 3. The second kappa shape index (κ2) is 30.6. The van der Waals surface area contributed by atoms with Crippen LogP contribution in [-0.2, 0) is 43.1 Å². The van der Waals surface area contributed by atoms with Gasteiger partial charge >= 0.3 is 6.03 Å². The lowest BCUT2D eigenvalue weighted by atomic mass is 9.51. The molecule has 5 aromatic rings. The molecule has 6 aliphatic heterocycles. The minimum absolute atomic E-state index is 0.0631. The number of hydrogen-bond acceptors (Lipinski definition) is 23. The van der Waals surface area contributed by atoms with Crippen molar-refractivity contribution in [1.82, 2.24) is 31.9 Å². The molecule has 4 saturated carbocycles. The highest BCUT2D eigenvalue weighted by Crippen LogP contribution is 2.58. The molecule has 6 heterocycles. The van der Waals surface area contributed by atoms with E-state index < -0.39 is 198 Å². The van der Waals surface area contributed by atoms with Gasteiger partial charge in [0.05, 0.1) is 27.9 Å². The van der Waals surface area contributed by atoms with Gasteiger partial charge in [0.2, 0.25) is 41.6 Å². The Balaban J connectivity index is 1.06. The number of primary amides is 1. The standard InChI is InChI=1S/C73H82Cl2N8O21/c1-28(2)10-45(78-3)70(98)82-60-48(87)19-37(22-56(90)79-73(77)100)68(96)80-58-36-20-53(101-51-8-5-32(62(60)91)17-43(51)74)67(104-72-66(95)65(94)64(93)55(27-76)103-72)54(21-36)102-52-9-6-33(18-44(52)75)63(92)61-71(99)81-59(50(89)25-39-34-12-29-11-30(14-34)15-35(39)13-29)42-23-38(84)24-47(86)57(42)41-16-31(4-7-46(41)85)40(26-49(58)88)69(97)83-61/h4-9,16-18,20-21,23-24,28-30,34-35,37,39-40,45,55,58-66,72,78,84-86,91-95H,10-15,19,22,25-27,76H2,1-3H3,(H,80,96)(H,81,99)(H,82,98)(H,83,97)(H3,77,79,90,100)/t29?,30?,34?,35?,37-,39?,40+,45+,55?,58+,59-,60-,61-,62+,63+,64?,65?,66?,72?/m0/s1. The van der Waals surface area contributed by atoms with Crippen LogP contribution in [0.2, 0.25) is 10.0 Å². The van der Waals surface area contributed by atoms with Gasteiger partial charge in [0.15, 0.2) is 28.8 Å². The van der Waals surface area contributed by atoms with Crippen molar-refractivity contribution in [2.75, 3.05) is 13.6 Å². The number of Topliss-reactive ketones (excluding diaryl/α,β-unsaturated/α-hetero) is 3. The summed E-state index contributed by atoms with van der Waals surface area (Å²) in [4.78, 5) is 134. The number of amides is 7. The number of aromatic hydroxyl groups is 3. The smallest absolute Gasteiger partial charge is 0.318 e. The molecule has 0 aromatic heterocycles. The van der Waals surface area contributed by atoms with Crippen LogP contribution in [0.1, 0.15) is 136 Å². The summed E-state index contributed by atoms with van der Waals surface area (Å²) in [7, 11) is 1.49. The van der Waals surface area contributed by atoms with Crippen LogP contribution in [0.15, 0.2) is 78.9 Å². The number of carbonyl (C=O) groups excluding carboxylic acids is 9. The number of carbonyl (C=O) groups is 9. The number of phenols is 3. The minimum Gasteiger partial charge on any atom is -0.508 e. The predicted molar refractivity (Wildman–Crippen MR) is 369 cm³/mol. The molecular formula is C73H82Cl2N8O21. The molecule has 5 fully saturated rings. The molecule has 554 valence electrons. The Morgan fingerprint density at radius 1 is 0.663 bits per heavy atom. The van der Waals surface area contributed by atoms with Crippen molar-refractivity contribution >= 4 is 76.1 Å². The molecule has 5 unspecified atom stereocenters. The highest BCUT2D eigenvalue weighted by Gasteiger charge is 2.51. The number of halogens is 2. The van der Waals surface area contributed by atoms with Crippen molar-refractivity contribution in [2.24, 2.45) is 52.9 Å². The monoisotopic (exact) mass is 1480 g/mol. The largest absolute Gasteiger partial charge is 0.508 e. The van der Waals surface area contributed by atoms with Gasteiger partial charge < -0.3 is 97.9 Å². The Morgan fingerprint density at radius 2 is 1.29 bits per heavy atom. The van der Waals surface area contributed by atoms with E-state index in [-0.39, 0.29) is 97.0 Å². The molecular weight excluding hydrogens is 1400 g/mol. The Hall–Kier alpha value is -9.01. The zero-order chi connectivity index (χ0) is 74.6. The molecule has 5 aromatic carbocycles. The van der Waals surface area contributed by atoms with Gasteiger partial charge in [-0.25, -0.2) is 4.79 Å². The number of ether oxygens (including phenoxy) is 4. The molecule has 31 heteroatoms. The second-order valence-electron chi connectivity index (χ2n) is 28.7. The van der Waals surface area contributed by atoms with Crippen molar-refractivity contribution < 1.29 is 103 Å². The quantitative estimate of drug-likeness (QED) is 0.0773. The van der Waals surface area contributed by atoms with Crippen molar-refractivity contribution in [1.29, 1.82) is 0 Å². The summed E-state index contributed by atoms with van der Waals surface area (Å²) in [5.74, 6) is -15.3. The first-order chi connectivity index (χ1) is 49.4. The highest BCUT2D eigenvalue weighted by molar-refractivity contribution is 6.32. The average molecular weight is 1480 g/mol. The van der Waals surface area contributed by atoms with Crippen LogP contribution in [0.3, 0.4) is 0 Å². The molecule has 0 spiro atoms. The number of nitrogens with one attached hydrogen (secondary N) is 6. The third kappa shape index (κ3) is 15.4. The average Bonchev–Trinajstić information content (AvgIpc) is 0.763. The first-order valence-corrected chi connectivity index (χ1v) is 35.2. The van der Waals surface area contributed by atoms with Gasteiger partial charge in [0, 0.05) is 49.4 Å². The van der Waals surface area contributed by atoms with E-state index in [1.165, 1.54) is 49.5 Å². The molecule has 1 saturated heterocycles. The van der Waals surface area contributed by atoms with Gasteiger partial charge in [-0.15, -0.1) is 0 Å². The van der Waals surface area contributed by atoms with Crippen LogP contribution in [0.4, 0.5) is 4.79 Å². The van der Waals surface area contributed by atoms with Crippen LogP contribution in [0, 0.1) is 41.4 Å². The van der Waals surface area contributed by atoms with Crippen molar-refractivity contribution in [3.8, 4) is 57.1 Å². The molecule has 104 heavy (non-hydrogen) atoms. The summed E-state index contributed by atoms with van der Waals surface area (Å²) in [6.07, 6.45) is -11.6. The summed E-state index contributed by atoms with van der Waals surface area (Å²) < 4.78 is 25.5. The lowest BCUT2D eigenvalue weighted by Gasteiger charge is -2.54. The van der Waals surface area contributed by atoms with Gasteiger partial charge in [0.25, 0.3) is 0 Å². The fraction of sp³-hybridized carbons (Fsp3) is 0.466. The zero-order valence-electron chi connectivity index (χ0n) is 56.6. The fourth-order valence-corrected chi connectivity index (χ4v) is 16.7. The summed E-state index contributed by atoms with van der Waals surface area (Å²) >= 11 is 14.2. The number of hydrogen-bond donors (Lipinski definition) is 16. The number of nitrogens with two attached hydrogens (primary N) is 2. The lowest BCUT2D eigenvalue weighted by molar-refractivity contribution is -0.270. The molecule has 14 atom stereocenters. The third-order valence-corrected chi connectivity index (χ3v) is 21.8. The van der Waals surface area contributed by atoms with Crippen LogP contribution in [-0.4, -0.2) is 156 Å². The maximum absolute atomic E-state index is 16.3. The summed E-state index contributed by atoms with van der Waals surface area (Å²) in [5, 5.41) is 109. The fourth-order valence-electron chi connectivity index (χ4n) is 16.2. The van der Waals surface area contributed by atoms with Crippen LogP contribution in [0.5, 0.6) is 46.0 Å². The van der Waals surface area contributed by atoms with Crippen molar-refractivity contribution in [2.45, 2.75) is 157 Å². The highest BCUT2D eigenvalue weighted by atomic mass is 35.5. The first-order valence-electron chi connectivity index (χ1n) is 34.5. The number of rotatable bonds is 13. The van der Waals surface area contributed by atoms with Gasteiger partial charge in [0.1, 0.15) is 89.5 Å². The number of likely N-dealkylation sites (N-methyl/N-ethyl adjacent to an activating group) is 1. The van der Waals surface area contributed by atoms with Crippen LogP contribution < -0.4 is 57.6 Å².